The average Bonchev–Trinajstić information content (AvgIpc) is 3.01. The Labute approximate surface area is 248 Å². The van der Waals surface area contributed by atoms with Crippen LogP contribution in [0.3, 0.4) is 0 Å². The fourth-order valence-corrected chi connectivity index (χ4v) is 4.59. The molecule has 5 rings (SSSR count). The van der Waals surface area contributed by atoms with Gasteiger partial charge in [0.2, 0.25) is 11.8 Å². The second-order valence-corrected chi connectivity index (χ2v) is 10.4. The highest BCUT2D eigenvalue weighted by Crippen LogP contribution is 2.32. The van der Waals surface area contributed by atoms with Gasteiger partial charge in [-0.1, -0.05) is 43.6 Å². The predicted octanol–water partition coefficient (Wildman–Crippen LogP) is 5.93. The summed E-state index contributed by atoms with van der Waals surface area (Å²) in [5, 5.41) is 5.91. The molecule has 0 radical (unpaired) electrons. The molecule has 2 heterocycles. The zero-order valence-electron chi connectivity index (χ0n) is 23.3. The van der Waals surface area contributed by atoms with E-state index in [2.05, 4.69) is 15.6 Å². The number of pyridine rings is 1. The summed E-state index contributed by atoms with van der Waals surface area (Å²) >= 11 is 6.32. The van der Waals surface area contributed by atoms with Gasteiger partial charge in [0, 0.05) is 41.7 Å². The summed E-state index contributed by atoms with van der Waals surface area (Å²) in [4.78, 5) is 44.3. The fraction of sp³-hybridized carbons (Fsp3) is 0.188. The minimum atomic E-state index is -0.443. The van der Waals surface area contributed by atoms with Crippen molar-refractivity contribution in [3.05, 3.63) is 101 Å². The van der Waals surface area contributed by atoms with Gasteiger partial charge in [0.1, 0.15) is 5.75 Å². The van der Waals surface area contributed by atoms with Gasteiger partial charge in [-0.05, 0) is 59.7 Å². The van der Waals surface area contributed by atoms with Crippen LogP contribution in [0, 0.1) is 5.92 Å². The molecule has 0 saturated heterocycles. The van der Waals surface area contributed by atoms with Gasteiger partial charge in [0.25, 0.3) is 11.8 Å². The number of ether oxygens (including phenoxy) is 2. The molecule has 2 N–H and O–H groups in total. The van der Waals surface area contributed by atoms with Crippen molar-refractivity contribution in [1.82, 2.24) is 10.3 Å². The number of amides is 3. The third-order valence-electron chi connectivity index (χ3n) is 6.79. The van der Waals surface area contributed by atoms with Crippen LogP contribution in [0.5, 0.6) is 11.6 Å². The summed E-state index contributed by atoms with van der Waals surface area (Å²) in [5.74, 6) is 0.0219. The lowest BCUT2D eigenvalue weighted by molar-refractivity contribution is -0.124. The number of carbonyl (C=O) groups excluding carboxylic acids is 3. The van der Waals surface area contributed by atoms with E-state index in [1.807, 2.05) is 30.3 Å². The molecule has 214 valence electrons. The summed E-state index contributed by atoms with van der Waals surface area (Å²) in [7, 11) is 1.57. The van der Waals surface area contributed by atoms with Gasteiger partial charge in [0.15, 0.2) is 6.73 Å². The number of fused-ring (bicyclic) bond motifs is 1. The van der Waals surface area contributed by atoms with Crippen molar-refractivity contribution in [3.8, 4) is 22.8 Å². The lowest BCUT2D eigenvalue weighted by Crippen LogP contribution is -2.38. The molecule has 10 heteroatoms. The van der Waals surface area contributed by atoms with Crippen LogP contribution in [0.15, 0.2) is 79.0 Å². The summed E-state index contributed by atoms with van der Waals surface area (Å²) in [6.45, 7) is 3.94. The highest BCUT2D eigenvalue weighted by Gasteiger charge is 2.27. The second-order valence-electron chi connectivity index (χ2n) is 9.99. The lowest BCUT2D eigenvalue weighted by atomic mass is 10.1. The van der Waals surface area contributed by atoms with Crippen molar-refractivity contribution in [2.45, 2.75) is 20.4 Å². The van der Waals surface area contributed by atoms with E-state index in [-0.39, 0.29) is 41.6 Å². The molecule has 1 aromatic heterocycles. The Balaban J connectivity index is 1.30. The number of nitrogens with zero attached hydrogens (tertiary/aromatic N) is 2. The zero-order valence-corrected chi connectivity index (χ0v) is 24.1. The number of methoxy groups -OCH3 is 1. The Kier molecular flexibility index (Phi) is 8.40. The topological polar surface area (TPSA) is 110 Å². The van der Waals surface area contributed by atoms with E-state index in [9.17, 15) is 14.4 Å². The standard InChI is InChI=1S/C32H29ClN4O5/c1-19(2)30(38)35-16-20-4-11-27(33)25(14-20)31(39)36-23-8-12-28-26(15-23)32(40)37(18-42-28)24-9-5-21(6-10-24)22-7-13-29(41-3)34-17-22/h4-15,17,19H,16,18H2,1-3H3,(H,35,38)(H,36,39). The molecule has 4 aromatic rings. The maximum atomic E-state index is 13.5. The maximum absolute atomic E-state index is 13.5. The number of halogens is 1. The van der Waals surface area contributed by atoms with Gasteiger partial charge in [0.05, 0.1) is 23.3 Å². The molecule has 0 bridgehead atoms. The molecule has 0 atom stereocenters. The Morgan fingerprint density at radius 2 is 1.79 bits per heavy atom. The van der Waals surface area contributed by atoms with Crippen molar-refractivity contribution in [3.63, 3.8) is 0 Å². The van der Waals surface area contributed by atoms with Gasteiger partial charge >= 0.3 is 0 Å². The first-order valence-corrected chi connectivity index (χ1v) is 13.7. The van der Waals surface area contributed by atoms with Crippen molar-refractivity contribution in [1.29, 1.82) is 0 Å². The number of rotatable bonds is 8. The van der Waals surface area contributed by atoms with E-state index in [0.29, 0.717) is 28.6 Å². The Morgan fingerprint density at radius 1 is 1.02 bits per heavy atom. The molecule has 42 heavy (non-hydrogen) atoms. The quantitative estimate of drug-likeness (QED) is 0.266. The number of anilines is 2. The average molecular weight is 585 g/mol. The van der Waals surface area contributed by atoms with Crippen molar-refractivity contribution >= 4 is 40.7 Å². The maximum Gasteiger partial charge on any atom is 0.264 e. The lowest BCUT2D eigenvalue weighted by Gasteiger charge is -2.29. The van der Waals surface area contributed by atoms with Crippen LogP contribution in [0.1, 0.15) is 40.1 Å². The first kappa shape index (κ1) is 28.6. The van der Waals surface area contributed by atoms with Crippen LogP contribution in [0.2, 0.25) is 5.02 Å². The zero-order chi connectivity index (χ0) is 29.8. The van der Waals surface area contributed by atoms with E-state index in [1.165, 1.54) is 4.90 Å². The highest BCUT2D eigenvalue weighted by atomic mass is 35.5. The Bertz CT molecular complexity index is 1640. The molecule has 3 aromatic carbocycles. The normalized spacial score (nSPS) is 12.4. The van der Waals surface area contributed by atoms with Crippen LogP contribution in [-0.2, 0) is 11.3 Å². The molecule has 0 unspecified atom stereocenters. The monoisotopic (exact) mass is 584 g/mol. The summed E-state index contributed by atoms with van der Waals surface area (Å²) < 4.78 is 11.0. The van der Waals surface area contributed by atoms with Crippen molar-refractivity contribution in [2.75, 3.05) is 24.1 Å². The number of hydrogen-bond donors (Lipinski definition) is 2. The second kappa shape index (κ2) is 12.3. The van der Waals surface area contributed by atoms with Crippen molar-refractivity contribution < 1.29 is 23.9 Å². The minimum absolute atomic E-state index is 0.0523. The largest absolute Gasteiger partial charge is 0.481 e. The number of hydrogen-bond acceptors (Lipinski definition) is 6. The molecule has 0 fully saturated rings. The van der Waals surface area contributed by atoms with Crippen LogP contribution in [0.4, 0.5) is 11.4 Å². The minimum Gasteiger partial charge on any atom is -0.481 e. The van der Waals surface area contributed by atoms with E-state index >= 15 is 0 Å². The fourth-order valence-electron chi connectivity index (χ4n) is 4.38. The number of aromatic nitrogens is 1. The molecule has 3 amide bonds. The van der Waals surface area contributed by atoms with Crippen LogP contribution in [0.25, 0.3) is 11.1 Å². The molecule has 0 saturated carbocycles. The highest BCUT2D eigenvalue weighted by molar-refractivity contribution is 6.34. The van der Waals surface area contributed by atoms with E-state index in [4.69, 9.17) is 21.1 Å². The van der Waals surface area contributed by atoms with Gasteiger partial charge in [-0.3, -0.25) is 19.3 Å². The SMILES string of the molecule is COc1ccc(-c2ccc(N3COc4ccc(NC(=O)c5cc(CNC(=O)C(C)C)ccc5Cl)cc4C3=O)cc2)cn1. The molecule has 1 aliphatic rings. The summed E-state index contributed by atoms with van der Waals surface area (Å²) in [6.07, 6.45) is 1.73. The van der Waals surface area contributed by atoms with Gasteiger partial charge in [-0.25, -0.2) is 4.98 Å². The van der Waals surface area contributed by atoms with E-state index in [1.54, 1.807) is 69.6 Å². The predicted molar refractivity (Wildman–Crippen MR) is 161 cm³/mol. The summed E-state index contributed by atoms with van der Waals surface area (Å²) in [5.41, 5.74) is 4.24. The number of nitrogens with one attached hydrogen (secondary N) is 2. The third kappa shape index (κ3) is 6.21. The summed E-state index contributed by atoms with van der Waals surface area (Å²) in [6, 6.07) is 21.1. The van der Waals surface area contributed by atoms with Gasteiger partial charge in [-0.2, -0.15) is 0 Å². The Morgan fingerprint density at radius 3 is 2.48 bits per heavy atom. The molecular formula is C32H29ClN4O5. The van der Waals surface area contributed by atoms with Crippen LogP contribution in [-0.4, -0.2) is 36.5 Å². The first-order valence-electron chi connectivity index (χ1n) is 13.3. The molecule has 1 aliphatic heterocycles. The van der Waals surface area contributed by atoms with Crippen LogP contribution >= 0.6 is 11.6 Å². The van der Waals surface area contributed by atoms with Crippen LogP contribution < -0.4 is 25.0 Å². The molecule has 0 aliphatic carbocycles. The van der Waals surface area contributed by atoms with E-state index < -0.39 is 5.91 Å². The van der Waals surface area contributed by atoms with Gasteiger partial charge in [-0.15, -0.1) is 0 Å². The number of benzene rings is 3. The first-order chi connectivity index (χ1) is 20.2. The smallest absolute Gasteiger partial charge is 0.264 e. The molecular weight excluding hydrogens is 556 g/mol. The number of carbonyl (C=O) groups is 3. The van der Waals surface area contributed by atoms with E-state index in [0.717, 1.165) is 16.7 Å². The molecule has 9 nitrogen and oxygen atoms in total. The molecule has 0 spiro atoms. The van der Waals surface area contributed by atoms with Crippen molar-refractivity contribution in [2.24, 2.45) is 5.92 Å². The third-order valence-corrected chi connectivity index (χ3v) is 7.12. The Hall–Kier alpha value is -4.89. The van der Waals surface area contributed by atoms with Gasteiger partial charge < -0.3 is 20.1 Å².